The summed E-state index contributed by atoms with van der Waals surface area (Å²) in [5, 5.41) is 2.88. The fraction of sp³-hybridized carbons (Fsp3) is 0.440. The third-order valence-corrected chi connectivity index (χ3v) is 5.02. The number of hydrogen-bond donors (Lipinski definition) is 1. The van der Waals surface area contributed by atoms with Gasteiger partial charge in [0.05, 0.1) is 7.11 Å². The molecule has 31 heavy (non-hydrogen) atoms. The fourth-order valence-corrected chi connectivity index (χ4v) is 3.09. The Morgan fingerprint density at radius 2 is 1.48 bits per heavy atom. The Bertz CT molecular complexity index is 845. The highest BCUT2D eigenvalue weighted by Crippen LogP contribution is 2.19. The monoisotopic (exact) mass is 426 g/mol. The van der Waals surface area contributed by atoms with E-state index in [-0.39, 0.29) is 24.5 Å². The standard InChI is InChI=1S/C25H34N2O4/c1-17(2)21-9-13-23(14-10-21)31-16-24(28)27(19(5)25(29)26-18(3)4)15-20-7-11-22(30-6)12-8-20/h7-14,17-19H,15-16H2,1-6H3,(H,26,29)/t19-/m1/s1. The Labute approximate surface area is 185 Å². The molecule has 6 nitrogen and oxygen atoms in total. The van der Waals surface area contributed by atoms with Gasteiger partial charge in [-0.15, -0.1) is 0 Å². The van der Waals surface area contributed by atoms with Gasteiger partial charge in [0.15, 0.2) is 6.61 Å². The van der Waals surface area contributed by atoms with E-state index >= 15 is 0 Å². The molecule has 168 valence electrons. The van der Waals surface area contributed by atoms with Crippen LogP contribution in [0.15, 0.2) is 48.5 Å². The highest BCUT2D eigenvalue weighted by Gasteiger charge is 2.27. The van der Waals surface area contributed by atoms with Crippen LogP contribution in [0.25, 0.3) is 0 Å². The first kappa shape index (κ1) is 24.3. The van der Waals surface area contributed by atoms with Gasteiger partial charge in [-0.1, -0.05) is 38.1 Å². The molecule has 0 radical (unpaired) electrons. The lowest BCUT2D eigenvalue weighted by molar-refractivity contribution is -0.142. The summed E-state index contributed by atoms with van der Waals surface area (Å²) >= 11 is 0. The first-order chi connectivity index (χ1) is 14.7. The maximum absolute atomic E-state index is 13.0. The zero-order chi connectivity index (χ0) is 23.0. The molecule has 2 amide bonds. The van der Waals surface area contributed by atoms with Crippen molar-refractivity contribution in [2.45, 2.75) is 59.2 Å². The molecule has 0 aromatic heterocycles. The lowest BCUT2D eigenvalue weighted by atomic mass is 10.0. The van der Waals surface area contributed by atoms with E-state index in [1.165, 1.54) is 5.56 Å². The number of carbonyl (C=O) groups excluding carboxylic acids is 2. The van der Waals surface area contributed by atoms with Crippen molar-refractivity contribution in [3.63, 3.8) is 0 Å². The van der Waals surface area contributed by atoms with Crippen LogP contribution >= 0.6 is 0 Å². The normalized spacial score (nSPS) is 11.9. The van der Waals surface area contributed by atoms with Gasteiger partial charge in [0.2, 0.25) is 5.91 Å². The van der Waals surface area contributed by atoms with Crippen LogP contribution < -0.4 is 14.8 Å². The molecule has 0 unspecified atom stereocenters. The summed E-state index contributed by atoms with van der Waals surface area (Å²) in [5.41, 5.74) is 2.11. The minimum Gasteiger partial charge on any atom is -0.497 e. The van der Waals surface area contributed by atoms with Crippen molar-refractivity contribution in [3.05, 3.63) is 59.7 Å². The second-order valence-corrected chi connectivity index (χ2v) is 8.22. The largest absolute Gasteiger partial charge is 0.497 e. The van der Waals surface area contributed by atoms with E-state index in [4.69, 9.17) is 9.47 Å². The zero-order valence-corrected chi connectivity index (χ0v) is 19.3. The summed E-state index contributed by atoms with van der Waals surface area (Å²) in [6.45, 7) is 9.92. The molecular weight excluding hydrogens is 392 g/mol. The Morgan fingerprint density at radius 3 is 2.00 bits per heavy atom. The minimum atomic E-state index is -0.635. The highest BCUT2D eigenvalue weighted by atomic mass is 16.5. The van der Waals surface area contributed by atoms with Crippen molar-refractivity contribution in [1.82, 2.24) is 10.2 Å². The Kier molecular flexibility index (Phi) is 8.91. The van der Waals surface area contributed by atoms with Crippen LogP contribution in [0.2, 0.25) is 0 Å². The summed E-state index contributed by atoms with van der Waals surface area (Å²) in [6, 6.07) is 14.5. The number of nitrogens with one attached hydrogen (secondary N) is 1. The Morgan fingerprint density at radius 1 is 0.903 bits per heavy atom. The number of carbonyl (C=O) groups is 2. The van der Waals surface area contributed by atoms with E-state index in [2.05, 4.69) is 19.2 Å². The molecular formula is C25H34N2O4. The molecule has 2 aromatic carbocycles. The van der Waals surface area contributed by atoms with Gasteiger partial charge in [0.25, 0.3) is 5.91 Å². The van der Waals surface area contributed by atoms with Crippen molar-refractivity contribution in [1.29, 1.82) is 0 Å². The van der Waals surface area contributed by atoms with Crippen LogP contribution in [-0.4, -0.2) is 42.5 Å². The summed E-state index contributed by atoms with van der Waals surface area (Å²) in [4.78, 5) is 27.2. The molecule has 0 spiro atoms. The van der Waals surface area contributed by atoms with Crippen molar-refractivity contribution in [3.8, 4) is 11.5 Å². The molecule has 0 saturated heterocycles. The van der Waals surface area contributed by atoms with E-state index in [0.717, 1.165) is 11.3 Å². The number of nitrogens with zero attached hydrogens (tertiary/aromatic N) is 1. The Balaban J connectivity index is 2.12. The fourth-order valence-electron chi connectivity index (χ4n) is 3.09. The molecule has 0 fully saturated rings. The van der Waals surface area contributed by atoms with E-state index < -0.39 is 6.04 Å². The maximum atomic E-state index is 13.0. The van der Waals surface area contributed by atoms with Gasteiger partial charge in [0.1, 0.15) is 17.5 Å². The van der Waals surface area contributed by atoms with Crippen LogP contribution in [0.1, 0.15) is 51.7 Å². The SMILES string of the molecule is COc1ccc(CN(C(=O)COc2ccc(C(C)C)cc2)[C@H](C)C(=O)NC(C)C)cc1. The summed E-state index contributed by atoms with van der Waals surface area (Å²) in [7, 11) is 1.61. The molecule has 0 bridgehead atoms. The predicted molar refractivity (Wildman–Crippen MR) is 122 cm³/mol. The first-order valence-corrected chi connectivity index (χ1v) is 10.7. The molecule has 0 aliphatic heterocycles. The first-order valence-electron chi connectivity index (χ1n) is 10.7. The second kappa shape index (κ2) is 11.4. The maximum Gasteiger partial charge on any atom is 0.261 e. The number of ether oxygens (including phenoxy) is 2. The van der Waals surface area contributed by atoms with Crippen molar-refractivity contribution >= 4 is 11.8 Å². The number of methoxy groups -OCH3 is 1. The molecule has 0 heterocycles. The molecule has 0 aliphatic rings. The van der Waals surface area contributed by atoms with Crippen molar-refractivity contribution in [2.75, 3.05) is 13.7 Å². The van der Waals surface area contributed by atoms with E-state index in [0.29, 0.717) is 18.2 Å². The van der Waals surface area contributed by atoms with Gasteiger partial charge in [-0.3, -0.25) is 9.59 Å². The van der Waals surface area contributed by atoms with Crippen LogP contribution in [-0.2, 0) is 16.1 Å². The van der Waals surface area contributed by atoms with Crippen LogP contribution in [0.5, 0.6) is 11.5 Å². The molecule has 1 N–H and O–H groups in total. The number of amides is 2. The molecule has 6 heteroatoms. The molecule has 0 saturated carbocycles. The minimum absolute atomic E-state index is 0.0105. The predicted octanol–water partition coefficient (Wildman–Crippen LogP) is 4.14. The average Bonchev–Trinajstić information content (AvgIpc) is 2.75. The number of hydrogen-bond acceptors (Lipinski definition) is 4. The van der Waals surface area contributed by atoms with Gasteiger partial charge in [-0.05, 0) is 62.1 Å². The highest BCUT2D eigenvalue weighted by molar-refractivity contribution is 5.88. The third kappa shape index (κ3) is 7.31. The van der Waals surface area contributed by atoms with Crippen LogP contribution in [0, 0.1) is 0 Å². The van der Waals surface area contributed by atoms with Crippen molar-refractivity contribution in [2.24, 2.45) is 0 Å². The summed E-state index contributed by atoms with van der Waals surface area (Å²) in [6.07, 6.45) is 0. The van der Waals surface area contributed by atoms with Crippen LogP contribution in [0.3, 0.4) is 0 Å². The smallest absolute Gasteiger partial charge is 0.261 e. The van der Waals surface area contributed by atoms with Crippen LogP contribution in [0.4, 0.5) is 0 Å². The van der Waals surface area contributed by atoms with Gasteiger partial charge < -0.3 is 19.7 Å². The lowest BCUT2D eigenvalue weighted by Crippen LogP contribution is -2.50. The van der Waals surface area contributed by atoms with E-state index in [9.17, 15) is 9.59 Å². The van der Waals surface area contributed by atoms with E-state index in [1.54, 1.807) is 18.9 Å². The van der Waals surface area contributed by atoms with Gasteiger partial charge >= 0.3 is 0 Å². The molecule has 0 aliphatic carbocycles. The Hall–Kier alpha value is -3.02. The topological polar surface area (TPSA) is 67.9 Å². The summed E-state index contributed by atoms with van der Waals surface area (Å²) < 4.78 is 10.9. The van der Waals surface area contributed by atoms with Gasteiger partial charge in [0, 0.05) is 12.6 Å². The van der Waals surface area contributed by atoms with Gasteiger partial charge in [-0.25, -0.2) is 0 Å². The van der Waals surface area contributed by atoms with E-state index in [1.807, 2.05) is 62.4 Å². The number of rotatable bonds is 10. The molecule has 2 rings (SSSR count). The lowest BCUT2D eigenvalue weighted by Gasteiger charge is -2.29. The average molecular weight is 427 g/mol. The van der Waals surface area contributed by atoms with Gasteiger partial charge in [-0.2, -0.15) is 0 Å². The zero-order valence-electron chi connectivity index (χ0n) is 19.3. The molecule has 1 atom stereocenters. The summed E-state index contributed by atoms with van der Waals surface area (Å²) in [5.74, 6) is 1.34. The molecule has 2 aromatic rings. The number of benzene rings is 2. The van der Waals surface area contributed by atoms with Crippen molar-refractivity contribution < 1.29 is 19.1 Å². The quantitative estimate of drug-likeness (QED) is 0.620. The third-order valence-electron chi connectivity index (χ3n) is 5.02. The second-order valence-electron chi connectivity index (χ2n) is 8.22.